The Morgan fingerprint density at radius 3 is 2.39 bits per heavy atom. The van der Waals surface area contributed by atoms with E-state index in [0.717, 1.165) is 32.1 Å². The summed E-state index contributed by atoms with van der Waals surface area (Å²) in [6, 6.07) is 9.17. The van der Waals surface area contributed by atoms with Crippen molar-refractivity contribution in [1.82, 2.24) is 16.0 Å². The molecule has 3 N–H and O–H groups in total. The third-order valence-electron chi connectivity index (χ3n) is 2.92. The van der Waals surface area contributed by atoms with Crippen molar-refractivity contribution in [1.29, 1.82) is 0 Å². The van der Waals surface area contributed by atoms with E-state index in [2.05, 4.69) is 20.9 Å². The molecule has 7 heteroatoms. The van der Waals surface area contributed by atoms with Crippen molar-refractivity contribution in [2.75, 3.05) is 39.9 Å². The predicted molar refractivity (Wildman–Crippen MR) is 105 cm³/mol. The number of benzene rings is 1. The van der Waals surface area contributed by atoms with Gasteiger partial charge in [0, 0.05) is 45.5 Å². The molecule has 130 valence electrons. The first kappa shape index (κ1) is 21.6. The Labute approximate surface area is 155 Å². The van der Waals surface area contributed by atoms with Crippen LogP contribution in [-0.4, -0.2) is 51.8 Å². The zero-order valence-corrected chi connectivity index (χ0v) is 16.1. The van der Waals surface area contributed by atoms with Crippen LogP contribution in [-0.2, 0) is 4.74 Å². The molecule has 0 aromatic heterocycles. The maximum Gasteiger partial charge on any atom is 0.251 e. The van der Waals surface area contributed by atoms with E-state index < -0.39 is 0 Å². The standard InChI is InChI=1S/C16H26N4O2.HI/c1-3-22-13-7-10-19-16(17-2)20-12-11-18-15(21)14-8-5-4-6-9-14;/h4-6,8-9H,3,7,10-13H2,1-2H3,(H,18,21)(H2,17,19,20);1H. The van der Waals surface area contributed by atoms with Crippen LogP contribution in [0.15, 0.2) is 35.3 Å². The molecule has 0 fully saturated rings. The first-order valence-electron chi connectivity index (χ1n) is 7.63. The van der Waals surface area contributed by atoms with Crippen molar-refractivity contribution in [3.8, 4) is 0 Å². The molecule has 1 amide bonds. The Kier molecular flexibility index (Phi) is 13.4. The van der Waals surface area contributed by atoms with Gasteiger partial charge in [0.15, 0.2) is 5.96 Å². The minimum absolute atomic E-state index is 0. The number of hydrogen-bond acceptors (Lipinski definition) is 3. The number of ether oxygens (including phenoxy) is 1. The predicted octanol–water partition coefficient (Wildman–Crippen LogP) is 1.63. The number of halogens is 1. The zero-order valence-electron chi connectivity index (χ0n) is 13.8. The van der Waals surface area contributed by atoms with E-state index in [1.54, 1.807) is 19.2 Å². The second-order valence-electron chi connectivity index (χ2n) is 4.60. The Balaban J connectivity index is 0.00000484. The summed E-state index contributed by atoms with van der Waals surface area (Å²) in [5.74, 6) is 0.660. The molecule has 1 aromatic carbocycles. The Hall–Kier alpha value is -1.35. The maximum atomic E-state index is 11.8. The van der Waals surface area contributed by atoms with Crippen LogP contribution in [0.2, 0.25) is 0 Å². The molecule has 0 saturated heterocycles. The molecule has 1 aromatic rings. The molecule has 0 unspecified atom stereocenters. The number of carbonyl (C=O) groups excluding carboxylic acids is 1. The fourth-order valence-corrected chi connectivity index (χ4v) is 1.79. The van der Waals surface area contributed by atoms with Crippen LogP contribution < -0.4 is 16.0 Å². The minimum atomic E-state index is -0.0675. The normalized spacial score (nSPS) is 10.6. The molecule has 0 saturated carbocycles. The van der Waals surface area contributed by atoms with E-state index in [1.165, 1.54) is 0 Å². The van der Waals surface area contributed by atoms with Crippen LogP contribution in [0.25, 0.3) is 0 Å². The first-order chi connectivity index (χ1) is 10.8. The van der Waals surface area contributed by atoms with Gasteiger partial charge in [-0.15, -0.1) is 24.0 Å². The van der Waals surface area contributed by atoms with Crippen LogP contribution in [0.4, 0.5) is 0 Å². The Morgan fingerprint density at radius 1 is 1.09 bits per heavy atom. The van der Waals surface area contributed by atoms with Gasteiger partial charge in [-0.25, -0.2) is 0 Å². The number of hydrogen-bond donors (Lipinski definition) is 3. The topological polar surface area (TPSA) is 74.8 Å². The van der Waals surface area contributed by atoms with E-state index in [1.807, 2.05) is 25.1 Å². The monoisotopic (exact) mass is 434 g/mol. The molecule has 0 aliphatic heterocycles. The molecule has 0 heterocycles. The average Bonchev–Trinajstić information content (AvgIpc) is 2.57. The zero-order chi connectivity index (χ0) is 16.0. The molecule has 0 bridgehead atoms. The van der Waals surface area contributed by atoms with Crippen molar-refractivity contribution >= 4 is 35.8 Å². The average molecular weight is 434 g/mol. The highest BCUT2D eigenvalue weighted by Gasteiger charge is 2.03. The van der Waals surface area contributed by atoms with E-state index >= 15 is 0 Å². The number of amides is 1. The summed E-state index contributed by atoms with van der Waals surface area (Å²) in [5.41, 5.74) is 0.668. The summed E-state index contributed by atoms with van der Waals surface area (Å²) in [6.07, 6.45) is 0.930. The van der Waals surface area contributed by atoms with Crippen LogP contribution in [0.3, 0.4) is 0 Å². The molecule has 1 rings (SSSR count). The number of nitrogens with one attached hydrogen (secondary N) is 3. The number of rotatable bonds is 9. The molecule has 0 aliphatic carbocycles. The smallest absolute Gasteiger partial charge is 0.251 e. The third-order valence-corrected chi connectivity index (χ3v) is 2.92. The largest absolute Gasteiger partial charge is 0.382 e. The summed E-state index contributed by atoms with van der Waals surface area (Å²) in [4.78, 5) is 16.0. The van der Waals surface area contributed by atoms with Crippen molar-refractivity contribution in [3.05, 3.63) is 35.9 Å². The third kappa shape index (κ3) is 10.1. The molecule has 0 atom stereocenters. The maximum absolute atomic E-state index is 11.8. The highest BCUT2D eigenvalue weighted by molar-refractivity contribution is 14.0. The van der Waals surface area contributed by atoms with Crippen LogP contribution in [0.5, 0.6) is 0 Å². The van der Waals surface area contributed by atoms with E-state index in [9.17, 15) is 4.79 Å². The summed E-state index contributed by atoms with van der Waals surface area (Å²) in [7, 11) is 1.72. The van der Waals surface area contributed by atoms with Gasteiger partial charge in [0.05, 0.1) is 0 Å². The summed E-state index contributed by atoms with van der Waals surface area (Å²) >= 11 is 0. The first-order valence-corrected chi connectivity index (χ1v) is 7.63. The van der Waals surface area contributed by atoms with Crippen LogP contribution in [0, 0.1) is 0 Å². The molecule has 0 aliphatic rings. The summed E-state index contributed by atoms with van der Waals surface area (Å²) < 4.78 is 5.27. The van der Waals surface area contributed by atoms with Gasteiger partial charge in [0.25, 0.3) is 5.91 Å². The number of carbonyl (C=O) groups is 1. The highest BCUT2D eigenvalue weighted by Crippen LogP contribution is 1.96. The summed E-state index contributed by atoms with van der Waals surface area (Å²) in [6.45, 7) is 5.42. The van der Waals surface area contributed by atoms with Gasteiger partial charge < -0.3 is 20.7 Å². The van der Waals surface area contributed by atoms with Gasteiger partial charge in [-0.3, -0.25) is 9.79 Å². The lowest BCUT2D eigenvalue weighted by Crippen LogP contribution is -2.42. The number of aliphatic imine (C=N–C) groups is 1. The van der Waals surface area contributed by atoms with Crippen molar-refractivity contribution in [2.45, 2.75) is 13.3 Å². The Morgan fingerprint density at radius 2 is 1.74 bits per heavy atom. The molecule has 23 heavy (non-hydrogen) atoms. The van der Waals surface area contributed by atoms with Gasteiger partial charge in [-0.1, -0.05) is 18.2 Å². The van der Waals surface area contributed by atoms with Gasteiger partial charge in [-0.05, 0) is 25.5 Å². The lowest BCUT2D eigenvalue weighted by Gasteiger charge is -2.12. The molecule has 6 nitrogen and oxygen atoms in total. The fourth-order valence-electron chi connectivity index (χ4n) is 1.79. The number of nitrogens with zero attached hydrogens (tertiary/aromatic N) is 1. The quantitative estimate of drug-likeness (QED) is 0.239. The molecule has 0 spiro atoms. The molecular formula is C16H27IN4O2. The molecule has 0 radical (unpaired) electrons. The van der Waals surface area contributed by atoms with Crippen molar-refractivity contribution in [2.24, 2.45) is 4.99 Å². The van der Waals surface area contributed by atoms with Crippen LogP contribution >= 0.6 is 24.0 Å². The van der Waals surface area contributed by atoms with E-state index in [-0.39, 0.29) is 29.9 Å². The summed E-state index contributed by atoms with van der Waals surface area (Å²) in [5, 5.41) is 9.20. The number of guanidine groups is 1. The fraction of sp³-hybridized carbons (Fsp3) is 0.500. The van der Waals surface area contributed by atoms with Crippen LogP contribution in [0.1, 0.15) is 23.7 Å². The van der Waals surface area contributed by atoms with Crippen molar-refractivity contribution < 1.29 is 9.53 Å². The molecular weight excluding hydrogens is 407 g/mol. The van der Waals surface area contributed by atoms with Gasteiger partial charge in [0.1, 0.15) is 0 Å². The van der Waals surface area contributed by atoms with Gasteiger partial charge in [-0.2, -0.15) is 0 Å². The lowest BCUT2D eigenvalue weighted by atomic mass is 10.2. The van der Waals surface area contributed by atoms with E-state index in [4.69, 9.17) is 4.74 Å². The lowest BCUT2D eigenvalue weighted by molar-refractivity contribution is 0.0954. The minimum Gasteiger partial charge on any atom is -0.382 e. The van der Waals surface area contributed by atoms with Crippen molar-refractivity contribution in [3.63, 3.8) is 0 Å². The second-order valence-corrected chi connectivity index (χ2v) is 4.60. The van der Waals surface area contributed by atoms with Gasteiger partial charge in [0.2, 0.25) is 0 Å². The second kappa shape index (κ2) is 14.3. The SMILES string of the molecule is CCOCCCNC(=NC)NCCNC(=O)c1ccccc1.I. The Bertz CT molecular complexity index is 455. The highest BCUT2D eigenvalue weighted by atomic mass is 127. The van der Waals surface area contributed by atoms with E-state index in [0.29, 0.717) is 18.7 Å². The van der Waals surface area contributed by atoms with Gasteiger partial charge >= 0.3 is 0 Å².